The molecular weight excluding hydrogens is 402 g/mol. The lowest BCUT2D eigenvalue weighted by molar-refractivity contribution is 0.100. The van der Waals surface area contributed by atoms with Crippen LogP contribution in [-0.2, 0) is 10.0 Å². The average molecular weight is 423 g/mol. The summed E-state index contributed by atoms with van der Waals surface area (Å²) in [7, 11) is -2.36. The van der Waals surface area contributed by atoms with Gasteiger partial charge in [0.15, 0.2) is 0 Å². The number of para-hydroxylation sites is 1. The number of hydrogen-bond acceptors (Lipinski definition) is 4. The fourth-order valence-corrected chi connectivity index (χ4v) is 4.04. The van der Waals surface area contributed by atoms with E-state index in [1.807, 2.05) is 6.92 Å². The number of hydrogen-bond donors (Lipinski definition) is 2. The minimum Gasteiger partial charge on any atom is -0.366 e. The second-order valence-corrected chi connectivity index (χ2v) is 8.67. The number of nitrogens with one attached hydrogen (secondary N) is 1. The van der Waals surface area contributed by atoms with Crippen LogP contribution in [0.3, 0.4) is 0 Å². The zero-order chi connectivity index (χ0) is 21.9. The number of benzene rings is 3. The van der Waals surface area contributed by atoms with Crippen LogP contribution in [0.5, 0.6) is 0 Å². The Balaban J connectivity index is 1.88. The van der Waals surface area contributed by atoms with Crippen molar-refractivity contribution in [1.82, 2.24) is 0 Å². The first-order chi connectivity index (χ1) is 14.2. The summed E-state index contributed by atoms with van der Waals surface area (Å²) >= 11 is 0. The van der Waals surface area contributed by atoms with Crippen LogP contribution >= 0.6 is 0 Å². The molecule has 0 heterocycles. The van der Waals surface area contributed by atoms with Crippen molar-refractivity contribution in [3.05, 3.63) is 89.5 Å². The summed E-state index contributed by atoms with van der Waals surface area (Å²) in [5.74, 6) is -1.16. The Labute approximate surface area is 175 Å². The maximum Gasteiger partial charge on any atom is 0.264 e. The summed E-state index contributed by atoms with van der Waals surface area (Å²) < 4.78 is 26.9. The Kier molecular flexibility index (Phi) is 5.89. The van der Waals surface area contributed by atoms with E-state index in [1.54, 1.807) is 60.7 Å². The lowest BCUT2D eigenvalue weighted by atomic mass is 10.1. The van der Waals surface area contributed by atoms with E-state index in [9.17, 15) is 18.0 Å². The van der Waals surface area contributed by atoms with Crippen LogP contribution in [0.2, 0.25) is 0 Å². The summed E-state index contributed by atoms with van der Waals surface area (Å²) in [6, 6.07) is 19.1. The molecule has 0 saturated carbocycles. The zero-order valence-electron chi connectivity index (χ0n) is 16.5. The standard InChI is InChI=1S/C22H21N3O4S/c1-15-10-12-18(13-11-15)30(28,29)25(2)17-7-5-6-16(14-17)22(27)24-20-9-4-3-8-19(20)21(23)26/h3-14H,1-2H3,(H2,23,26)(H,24,27). The third-order valence-corrected chi connectivity index (χ3v) is 6.39. The van der Waals surface area contributed by atoms with Crippen molar-refractivity contribution >= 4 is 33.2 Å². The minimum absolute atomic E-state index is 0.154. The van der Waals surface area contributed by atoms with Crippen LogP contribution in [0.25, 0.3) is 0 Å². The summed E-state index contributed by atoms with van der Waals surface area (Å²) in [6.07, 6.45) is 0. The van der Waals surface area contributed by atoms with E-state index < -0.39 is 21.8 Å². The molecule has 0 aliphatic heterocycles. The third-order valence-electron chi connectivity index (χ3n) is 4.59. The Morgan fingerprint density at radius 3 is 2.27 bits per heavy atom. The smallest absolute Gasteiger partial charge is 0.264 e. The predicted molar refractivity (Wildman–Crippen MR) is 116 cm³/mol. The van der Waals surface area contributed by atoms with Crippen LogP contribution < -0.4 is 15.4 Å². The van der Waals surface area contributed by atoms with E-state index in [2.05, 4.69) is 5.32 Å². The second-order valence-electron chi connectivity index (χ2n) is 6.70. The lowest BCUT2D eigenvalue weighted by Gasteiger charge is -2.20. The Morgan fingerprint density at radius 1 is 0.933 bits per heavy atom. The predicted octanol–water partition coefficient (Wildman–Crippen LogP) is 3.17. The van der Waals surface area contributed by atoms with Crippen LogP contribution in [0.4, 0.5) is 11.4 Å². The molecule has 3 N–H and O–H groups in total. The second kappa shape index (κ2) is 8.38. The first-order valence-electron chi connectivity index (χ1n) is 9.06. The number of carbonyl (C=O) groups is 2. The van der Waals surface area contributed by atoms with Gasteiger partial charge in [-0.15, -0.1) is 0 Å². The van der Waals surface area contributed by atoms with Gasteiger partial charge in [0.1, 0.15) is 0 Å². The van der Waals surface area contributed by atoms with Crippen molar-refractivity contribution in [2.75, 3.05) is 16.7 Å². The topological polar surface area (TPSA) is 110 Å². The summed E-state index contributed by atoms with van der Waals surface area (Å²) in [5.41, 5.74) is 7.31. The Morgan fingerprint density at radius 2 is 1.60 bits per heavy atom. The lowest BCUT2D eigenvalue weighted by Crippen LogP contribution is -2.27. The van der Waals surface area contributed by atoms with Crippen molar-refractivity contribution < 1.29 is 18.0 Å². The number of nitrogens with two attached hydrogens (primary N) is 1. The van der Waals surface area contributed by atoms with Gasteiger partial charge in [-0.2, -0.15) is 0 Å². The molecule has 30 heavy (non-hydrogen) atoms. The van der Waals surface area contributed by atoms with Gasteiger partial charge in [-0.25, -0.2) is 8.42 Å². The summed E-state index contributed by atoms with van der Waals surface area (Å²) in [6.45, 7) is 1.87. The number of carbonyl (C=O) groups excluding carboxylic acids is 2. The molecule has 154 valence electrons. The number of aryl methyl sites for hydroxylation is 1. The molecule has 8 heteroatoms. The molecule has 0 fully saturated rings. The molecule has 0 spiro atoms. The molecule has 3 aromatic rings. The summed E-state index contributed by atoms with van der Waals surface area (Å²) in [5, 5.41) is 2.64. The molecule has 7 nitrogen and oxygen atoms in total. The molecule has 0 bridgehead atoms. The normalized spacial score (nSPS) is 11.0. The molecule has 0 unspecified atom stereocenters. The van der Waals surface area contributed by atoms with Crippen molar-refractivity contribution in [1.29, 1.82) is 0 Å². The number of rotatable bonds is 6. The van der Waals surface area contributed by atoms with Crippen LogP contribution in [0.1, 0.15) is 26.3 Å². The molecule has 0 aromatic heterocycles. The van der Waals surface area contributed by atoms with E-state index in [4.69, 9.17) is 5.73 Å². The molecule has 3 aromatic carbocycles. The average Bonchev–Trinajstić information content (AvgIpc) is 2.73. The van der Waals surface area contributed by atoms with E-state index in [-0.39, 0.29) is 21.7 Å². The van der Waals surface area contributed by atoms with Crippen LogP contribution in [-0.4, -0.2) is 27.3 Å². The van der Waals surface area contributed by atoms with Crippen molar-refractivity contribution in [3.8, 4) is 0 Å². The highest BCUT2D eigenvalue weighted by Crippen LogP contribution is 2.24. The van der Waals surface area contributed by atoms with Crippen LogP contribution in [0.15, 0.2) is 77.7 Å². The number of nitrogens with zero attached hydrogens (tertiary/aromatic N) is 1. The number of sulfonamides is 1. The van der Waals surface area contributed by atoms with Gasteiger partial charge >= 0.3 is 0 Å². The molecule has 0 atom stereocenters. The SMILES string of the molecule is Cc1ccc(S(=O)(=O)N(C)c2cccc(C(=O)Nc3ccccc3C(N)=O)c2)cc1. The van der Waals surface area contributed by atoms with Crippen molar-refractivity contribution in [3.63, 3.8) is 0 Å². The van der Waals surface area contributed by atoms with E-state index in [1.165, 1.54) is 19.2 Å². The largest absolute Gasteiger partial charge is 0.366 e. The monoisotopic (exact) mass is 423 g/mol. The number of amides is 2. The van der Waals surface area contributed by atoms with Gasteiger partial charge in [0.25, 0.3) is 21.8 Å². The fraction of sp³-hybridized carbons (Fsp3) is 0.0909. The molecule has 3 rings (SSSR count). The Hall–Kier alpha value is -3.65. The van der Waals surface area contributed by atoms with Gasteiger partial charge in [0.2, 0.25) is 0 Å². The third kappa shape index (κ3) is 4.33. The molecule has 0 saturated heterocycles. The maximum absolute atomic E-state index is 12.9. The molecule has 0 aliphatic carbocycles. The zero-order valence-corrected chi connectivity index (χ0v) is 17.3. The first kappa shape index (κ1) is 21.1. The molecule has 2 amide bonds. The van der Waals surface area contributed by atoms with Crippen LogP contribution in [0, 0.1) is 6.92 Å². The van der Waals surface area contributed by atoms with Gasteiger partial charge in [-0.05, 0) is 49.4 Å². The van der Waals surface area contributed by atoms with Crippen molar-refractivity contribution in [2.45, 2.75) is 11.8 Å². The van der Waals surface area contributed by atoms with E-state index in [0.29, 0.717) is 5.69 Å². The van der Waals surface area contributed by atoms with Gasteiger partial charge < -0.3 is 11.1 Å². The quantitative estimate of drug-likeness (QED) is 0.634. The minimum atomic E-state index is -3.79. The van der Waals surface area contributed by atoms with Crippen molar-refractivity contribution in [2.24, 2.45) is 5.73 Å². The van der Waals surface area contributed by atoms with E-state index >= 15 is 0 Å². The molecule has 0 radical (unpaired) electrons. The van der Waals surface area contributed by atoms with Gasteiger partial charge in [0, 0.05) is 12.6 Å². The van der Waals surface area contributed by atoms with Gasteiger partial charge in [0.05, 0.1) is 21.8 Å². The van der Waals surface area contributed by atoms with Gasteiger partial charge in [-0.3, -0.25) is 13.9 Å². The highest BCUT2D eigenvalue weighted by Gasteiger charge is 2.22. The number of primary amides is 1. The number of anilines is 2. The first-order valence-corrected chi connectivity index (χ1v) is 10.5. The summed E-state index contributed by atoms with van der Waals surface area (Å²) in [4.78, 5) is 24.4. The van der Waals surface area contributed by atoms with Gasteiger partial charge in [-0.1, -0.05) is 35.9 Å². The highest BCUT2D eigenvalue weighted by molar-refractivity contribution is 7.92. The fourth-order valence-electron chi connectivity index (χ4n) is 2.85. The molecule has 0 aliphatic rings. The highest BCUT2D eigenvalue weighted by atomic mass is 32.2. The Bertz CT molecular complexity index is 1210. The maximum atomic E-state index is 12.9. The van der Waals surface area contributed by atoms with E-state index in [0.717, 1.165) is 9.87 Å². The molecular formula is C22H21N3O4S.